The van der Waals surface area contributed by atoms with Crippen molar-refractivity contribution >= 4 is 38.5 Å². The Labute approximate surface area is 104 Å². The van der Waals surface area contributed by atoms with Gasteiger partial charge < -0.3 is 4.90 Å². The molecule has 8 heteroatoms. The molecule has 0 aliphatic carbocycles. The van der Waals surface area contributed by atoms with Gasteiger partial charge in [-0.25, -0.2) is 8.42 Å². The molecule has 1 heterocycles. The van der Waals surface area contributed by atoms with Crippen molar-refractivity contribution in [3.63, 3.8) is 0 Å². The Morgan fingerprint density at radius 1 is 1.69 bits per heavy atom. The van der Waals surface area contributed by atoms with Crippen LogP contribution in [0.3, 0.4) is 0 Å². The highest BCUT2D eigenvalue weighted by Crippen LogP contribution is 2.23. The van der Waals surface area contributed by atoms with Gasteiger partial charge >= 0.3 is 0 Å². The first-order chi connectivity index (χ1) is 7.50. The van der Waals surface area contributed by atoms with Crippen LogP contribution in [0.15, 0.2) is 4.99 Å². The van der Waals surface area contributed by atoms with Gasteiger partial charge in [0.15, 0.2) is 15.0 Å². The molecule has 1 unspecified atom stereocenters. The molecule has 0 bridgehead atoms. The second-order valence-corrected chi connectivity index (χ2v) is 7.38. The molecule has 0 spiro atoms. The summed E-state index contributed by atoms with van der Waals surface area (Å²) < 4.78 is 23.2. The molecule has 5 nitrogen and oxygen atoms in total. The van der Waals surface area contributed by atoms with E-state index < -0.39 is 15.2 Å². The lowest BCUT2D eigenvalue weighted by Crippen LogP contribution is -2.48. The summed E-state index contributed by atoms with van der Waals surface area (Å²) in [5.74, 6) is 1.39. The molecule has 0 saturated carbocycles. The van der Waals surface area contributed by atoms with Gasteiger partial charge in [0.25, 0.3) is 0 Å². The van der Waals surface area contributed by atoms with Crippen molar-refractivity contribution in [2.45, 2.75) is 5.37 Å². The zero-order chi connectivity index (χ0) is 12.2. The highest BCUT2D eigenvalue weighted by molar-refractivity contribution is 8.13. The zero-order valence-corrected chi connectivity index (χ0v) is 11.5. The summed E-state index contributed by atoms with van der Waals surface area (Å²) in [6, 6.07) is 0. The number of sulfone groups is 1. The van der Waals surface area contributed by atoms with Crippen LogP contribution >= 0.6 is 23.5 Å². The molecule has 16 heavy (non-hydrogen) atoms. The average Bonchev–Trinajstić information content (AvgIpc) is 2.25. The normalized spacial score (nSPS) is 22.9. The molecule has 90 valence electrons. The minimum atomic E-state index is -3.15. The van der Waals surface area contributed by atoms with E-state index in [2.05, 4.69) is 4.99 Å². The minimum absolute atomic E-state index is 0.484. The maximum Gasteiger partial charge on any atom is 0.208 e. The third-order valence-electron chi connectivity index (χ3n) is 2.15. The molecule has 1 atom stereocenters. The Hall–Kier alpha value is -0.390. The molecule has 1 aliphatic rings. The summed E-state index contributed by atoms with van der Waals surface area (Å²) in [5.41, 5.74) is 0. The van der Waals surface area contributed by atoms with Gasteiger partial charge in [0, 0.05) is 24.3 Å². The molecular weight excluding hydrogens is 266 g/mol. The summed E-state index contributed by atoms with van der Waals surface area (Å²) in [6.07, 6.45) is 4.72. The van der Waals surface area contributed by atoms with Gasteiger partial charge in [-0.3, -0.25) is 0 Å². The van der Waals surface area contributed by atoms with E-state index in [0.717, 1.165) is 5.75 Å². The van der Waals surface area contributed by atoms with Gasteiger partial charge in [0.05, 0.1) is 0 Å². The SMILES string of the molecule is CSC(=NC#N)N1CCSCC1S(C)(=O)=O. The average molecular weight is 279 g/mol. The Kier molecular flexibility index (Phi) is 4.95. The van der Waals surface area contributed by atoms with Crippen molar-refractivity contribution < 1.29 is 8.42 Å². The number of thioether (sulfide) groups is 2. The molecule has 0 aromatic carbocycles. The van der Waals surface area contributed by atoms with Crippen LogP contribution < -0.4 is 0 Å². The fourth-order valence-corrected chi connectivity index (χ4v) is 4.90. The standard InChI is InChI=1S/C8H13N3O2S3/c1-14-8(10-6-9)11-3-4-15-5-7(11)16(2,12)13/h7H,3-5H2,1-2H3. The van der Waals surface area contributed by atoms with Crippen molar-refractivity contribution in [1.82, 2.24) is 4.90 Å². The first-order valence-corrected chi connectivity index (χ1v) is 8.88. The van der Waals surface area contributed by atoms with Crippen LogP contribution in [0.4, 0.5) is 0 Å². The second-order valence-electron chi connectivity index (χ2n) is 3.25. The van der Waals surface area contributed by atoms with Crippen LogP contribution in [0.5, 0.6) is 0 Å². The summed E-state index contributed by atoms with van der Waals surface area (Å²) in [7, 11) is -3.15. The molecular formula is C8H13N3O2S3. The highest BCUT2D eigenvalue weighted by Gasteiger charge is 2.32. The van der Waals surface area contributed by atoms with E-state index in [9.17, 15) is 8.42 Å². The lowest BCUT2D eigenvalue weighted by Gasteiger charge is -2.35. The maximum atomic E-state index is 11.6. The van der Waals surface area contributed by atoms with E-state index in [1.54, 1.807) is 29.1 Å². The van der Waals surface area contributed by atoms with Crippen LogP contribution in [-0.4, -0.2) is 54.4 Å². The van der Waals surface area contributed by atoms with Crippen LogP contribution in [0.25, 0.3) is 0 Å². The first-order valence-electron chi connectivity index (χ1n) is 4.54. The van der Waals surface area contributed by atoms with Crippen LogP contribution in [0, 0.1) is 11.5 Å². The fourth-order valence-electron chi connectivity index (χ4n) is 1.42. The Morgan fingerprint density at radius 2 is 2.38 bits per heavy atom. The largest absolute Gasteiger partial charge is 0.332 e. The second kappa shape index (κ2) is 5.80. The number of hydrogen-bond donors (Lipinski definition) is 0. The molecule has 1 aliphatic heterocycles. The Bertz CT molecular complexity index is 413. The lowest BCUT2D eigenvalue weighted by molar-refractivity contribution is 0.418. The van der Waals surface area contributed by atoms with Gasteiger partial charge in [-0.1, -0.05) is 11.8 Å². The van der Waals surface area contributed by atoms with Crippen molar-refractivity contribution in [3.8, 4) is 6.19 Å². The molecule has 1 rings (SSSR count). The predicted octanol–water partition coefficient (Wildman–Crippen LogP) is 0.606. The van der Waals surface area contributed by atoms with Crippen molar-refractivity contribution in [2.24, 2.45) is 4.99 Å². The van der Waals surface area contributed by atoms with E-state index in [1.165, 1.54) is 18.0 Å². The predicted molar refractivity (Wildman–Crippen MR) is 69.2 cm³/mol. The van der Waals surface area contributed by atoms with Gasteiger partial charge in [-0.05, 0) is 6.26 Å². The van der Waals surface area contributed by atoms with E-state index in [0.29, 0.717) is 17.5 Å². The fraction of sp³-hybridized carbons (Fsp3) is 0.750. The Balaban J connectivity index is 2.99. The van der Waals surface area contributed by atoms with Crippen molar-refractivity contribution in [3.05, 3.63) is 0 Å². The molecule has 1 fully saturated rings. The molecule has 0 radical (unpaired) electrons. The van der Waals surface area contributed by atoms with E-state index in [4.69, 9.17) is 5.26 Å². The van der Waals surface area contributed by atoms with E-state index in [-0.39, 0.29) is 0 Å². The van der Waals surface area contributed by atoms with Crippen molar-refractivity contribution in [1.29, 1.82) is 5.26 Å². The van der Waals surface area contributed by atoms with Crippen LogP contribution in [-0.2, 0) is 9.84 Å². The molecule has 0 amide bonds. The number of amidine groups is 1. The summed E-state index contributed by atoms with van der Waals surface area (Å²) >= 11 is 2.91. The third kappa shape index (κ3) is 3.30. The van der Waals surface area contributed by atoms with Crippen molar-refractivity contribution in [2.75, 3.05) is 30.6 Å². The van der Waals surface area contributed by atoms with E-state index >= 15 is 0 Å². The number of nitriles is 1. The lowest BCUT2D eigenvalue weighted by atomic mass is 10.5. The maximum absolute atomic E-state index is 11.6. The summed E-state index contributed by atoms with van der Waals surface area (Å²) in [5, 5.41) is 8.48. The minimum Gasteiger partial charge on any atom is -0.332 e. The number of aliphatic imine (C=N–C) groups is 1. The van der Waals surface area contributed by atoms with Gasteiger partial charge in [0.1, 0.15) is 5.37 Å². The van der Waals surface area contributed by atoms with Gasteiger partial charge in [-0.2, -0.15) is 17.0 Å². The van der Waals surface area contributed by atoms with Crippen LogP contribution in [0.2, 0.25) is 0 Å². The molecule has 0 aromatic heterocycles. The van der Waals surface area contributed by atoms with Gasteiger partial charge in [0.2, 0.25) is 6.19 Å². The molecule has 1 saturated heterocycles. The number of rotatable bonds is 1. The number of nitrogens with zero attached hydrogens (tertiary/aromatic N) is 3. The third-order valence-corrected chi connectivity index (χ3v) is 5.49. The first kappa shape index (κ1) is 13.7. The monoisotopic (exact) mass is 279 g/mol. The highest BCUT2D eigenvalue weighted by atomic mass is 32.2. The Morgan fingerprint density at radius 3 is 2.88 bits per heavy atom. The smallest absolute Gasteiger partial charge is 0.208 e. The van der Waals surface area contributed by atoms with E-state index in [1.807, 2.05) is 0 Å². The summed E-state index contributed by atoms with van der Waals surface area (Å²) in [6.45, 7) is 0.615. The molecule has 0 N–H and O–H groups in total. The summed E-state index contributed by atoms with van der Waals surface area (Å²) in [4.78, 5) is 5.38. The van der Waals surface area contributed by atoms with Crippen LogP contribution in [0.1, 0.15) is 0 Å². The number of hydrogen-bond acceptors (Lipinski definition) is 6. The zero-order valence-electron chi connectivity index (χ0n) is 9.08. The molecule has 0 aromatic rings. The quantitative estimate of drug-likeness (QED) is 0.398. The topological polar surface area (TPSA) is 73.5 Å². The van der Waals surface area contributed by atoms with Gasteiger partial charge in [-0.15, -0.1) is 4.99 Å².